The SMILES string of the molecule is CC/C=C\C/C=C/C/C=C\C/C=C\C/C=C/C/C=C\CCC(=O)O. The Bertz CT molecular complexity index is 462. The molecule has 0 radical (unpaired) electrons. The van der Waals surface area contributed by atoms with Gasteiger partial charge >= 0.3 is 5.97 Å². The molecule has 0 unspecified atom stereocenters. The van der Waals surface area contributed by atoms with Gasteiger partial charge in [0.1, 0.15) is 0 Å². The second kappa shape index (κ2) is 19.0. The summed E-state index contributed by atoms with van der Waals surface area (Å²) in [7, 11) is 0. The van der Waals surface area contributed by atoms with E-state index in [0.29, 0.717) is 6.42 Å². The van der Waals surface area contributed by atoms with E-state index in [9.17, 15) is 4.79 Å². The Kier molecular flexibility index (Phi) is 17.3. The molecule has 0 aromatic carbocycles. The van der Waals surface area contributed by atoms with E-state index in [4.69, 9.17) is 5.11 Å². The fourth-order valence-corrected chi connectivity index (χ4v) is 1.85. The van der Waals surface area contributed by atoms with Crippen LogP contribution in [0, 0.1) is 0 Å². The highest BCUT2D eigenvalue weighted by atomic mass is 16.4. The predicted molar refractivity (Wildman–Crippen MR) is 105 cm³/mol. The van der Waals surface area contributed by atoms with E-state index in [0.717, 1.165) is 38.5 Å². The molecule has 0 saturated heterocycles. The molecule has 0 aliphatic rings. The maximum atomic E-state index is 10.3. The van der Waals surface area contributed by atoms with Crippen molar-refractivity contribution in [3.05, 3.63) is 72.9 Å². The van der Waals surface area contributed by atoms with Gasteiger partial charge in [-0.15, -0.1) is 0 Å². The molecule has 0 spiro atoms. The van der Waals surface area contributed by atoms with E-state index in [1.165, 1.54) is 0 Å². The zero-order valence-electron chi connectivity index (χ0n) is 14.9. The third kappa shape index (κ3) is 19.9. The number of aliphatic carboxylic acids is 1. The highest BCUT2D eigenvalue weighted by Crippen LogP contribution is 1.97. The molecule has 0 rings (SSSR count). The molecule has 0 heterocycles. The van der Waals surface area contributed by atoms with E-state index in [1.807, 2.05) is 12.2 Å². The van der Waals surface area contributed by atoms with Crippen LogP contribution >= 0.6 is 0 Å². The first-order valence-corrected chi connectivity index (χ1v) is 8.89. The monoisotopic (exact) mass is 328 g/mol. The number of hydrogen-bond donors (Lipinski definition) is 1. The van der Waals surface area contributed by atoms with Crippen LogP contribution in [-0.4, -0.2) is 11.1 Å². The maximum absolute atomic E-state index is 10.3. The van der Waals surface area contributed by atoms with E-state index < -0.39 is 5.97 Å². The second-order valence-electron chi connectivity index (χ2n) is 5.35. The van der Waals surface area contributed by atoms with Crippen molar-refractivity contribution >= 4 is 5.97 Å². The summed E-state index contributed by atoms with van der Waals surface area (Å²) in [6.45, 7) is 2.15. The zero-order chi connectivity index (χ0) is 17.7. The summed E-state index contributed by atoms with van der Waals surface area (Å²) in [5, 5.41) is 8.49. The Hall–Kier alpha value is -2.09. The van der Waals surface area contributed by atoms with Crippen molar-refractivity contribution < 1.29 is 9.90 Å². The molecule has 0 aromatic heterocycles. The molecule has 0 saturated carbocycles. The lowest BCUT2D eigenvalue weighted by Crippen LogP contribution is -1.91. The van der Waals surface area contributed by atoms with Crippen LogP contribution in [-0.2, 0) is 4.79 Å². The Balaban J connectivity index is 3.51. The molecule has 0 amide bonds. The van der Waals surface area contributed by atoms with Crippen molar-refractivity contribution in [3.63, 3.8) is 0 Å². The lowest BCUT2D eigenvalue weighted by Gasteiger charge is -1.87. The molecule has 0 aromatic rings. The van der Waals surface area contributed by atoms with E-state index in [2.05, 4.69) is 67.7 Å². The molecule has 0 atom stereocenters. The number of rotatable bonds is 14. The standard InChI is InChI=1S/C22H32O2/c1-2-3-4-5-6-7-8-9-10-11-12-13-14-15-16-17-18-19-20-21-22(23)24/h3-4,6-7,9-10,12-13,15-16,18-19H,2,5,8,11,14,17,20-21H2,1H3,(H,23,24)/b4-3-,7-6+,10-9-,13-12-,16-15+,19-18-. The predicted octanol–water partition coefficient (Wildman–Crippen LogP) is 6.55. The van der Waals surface area contributed by atoms with Gasteiger partial charge in [0.2, 0.25) is 0 Å². The largest absolute Gasteiger partial charge is 0.481 e. The van der Waals surface area contributed by atoms with Crippen molar-refractivity contribution in [2.45, 2.75) is 58.3 Å². The van der Waals surface area contributed by atoms with Crippen LogP contribution in [0.5, 0.6) is 0 Å². The third-order valence-corrected chi connectivity index (χ3v) is 3.12. The maximum Gasteiger partial charge on any atom is 0.303 e. The molecular weight excluding hydrogens is 296 g/mol. The molecule has 0 bridgehead atoms. The van der Waals surface area contributed by atoms with Gasteiger partial charge in [-0.3, -0.25) is 4.79 Å². The van der Waals surface area contributed by atoms with Crippen LogP contribution < -0.4 is 0 Å². The van der Waals surface area contributed by atoms with Gasteiger partial charge in [-0.25, -0.2) is 0 Å². The Morgan fingerprint density at radius 3 is 1.29 bits per heavy atom. The van der Waals surface area contributed by atoms with Gasteiger partial charge in [-0.2, -0.15) is 0 Å². The molecule has 1 N–H and O–H groups in total. The Morgan fingerprint density at radius 2 is 0.958 bits per heavy atom. The molecule has 0 aliphatic heterocycles. The molecule has 2 nitrogen and oxygen atoms in total. The Labute approximate surface area is 147 Å². The second-order valence-corrected chi connectivity index (χ2v) is 5.35. The first-order valence-electron chi connectivity index (χ1n) is 8.89. The van der Waals surface area contributed by atoms with Gasteiger partial charge in [0.25, 0.3) is 0 Å². The van der Waals surface area contributed by atoms with E-state index >= 15 is 0 Å². The van der Waals surface area contributed by atoms with Gasteiger partial charge in [0, 0.05) is 6.42 Å². The summed E-state index contributed by atoms with van der Waals surface area (Å²) >= 11 is 0. The number of carboxylic acids is 1. The van der Waals surface area contributed by atoms with Crippen molar-refractivity contribution in [2.75, 3.05) is 0 Å². The normalized spacial score (nSPS) is 13.0. The van der Waals surface area contributed by atoms with Gasteiger partial charge < -0.3 is 5.11 Å². The van der Waals surface area contributed by atoms with Crippen LogP contribution in [0.1, 0.15) is 58.3 Å². The minimum atomic E-state index is -0.741. The summed E-state index contributed by atoms with van der Waals surface area (Å²) in [5.41, 5.74) is 0. The average Bonchev–Trinajstić information content (AvgIpc) is 2.56. The summed E-state index contributed by atoms with van der Waals surface area (Å²) in [4.78, 5) is 10.3. The minimum absolute atomic E-state index is 0.210. The average molecular weight is 328 g/mol. The summed E-state index contributed by atoms with van der Waals surface area (Å²) in [6, 6.07) is 0. The quantitative estimate of drug-likeness (QED) is 0.367. The molecular formula is C22H32O2. The van der Waals surface area contributed by atoms with Crippen molar-refractivity contribution in [2.24, 2.45) is 0 Å². The highest BCUT2D eigenvalue weighted by Gasteiger charge is 1.90. The lowest BCUT2D eigenvalue weighted by molar-refractivity contribution is -0.136. The van der Waals surface area contributed by atoms with E-state index in [-0.39, 0.29) is 6.42 Å². The number of carboxylic acid groups (broad SMARTS) is 1. The minimum Gasteiger partial charge on any atom is -0.481 e. The molecule has 132 valence electrons. The molecule has 24 heavy (non-hydrogen) atoms. The van der Waals surface area contributed by atoms with Crippen molar-refractivity contribution in [1.29, 1.82) is 0 Å². The fraction of sp³-hybridized carbons (Fsp3) is 0.409. The van der Waals surface area contributed by atoms with Gasteiger partial charge in [0.15, 0.2) is 0 Å². The first kappa shape index (κ1) is 21.9. The van der Waals surface area contributed by atoms with Gasteiger partial charge in [0.05, 0.1) is 0 Å². The zero-order valence-corrected chi connectivity index (χ0v) is 14.9. The van der Waals surface area contributed by atoms with Crippen LogP contribution in [0.15, 0.2) is 72.9 Å². The smallest absolute Gasteiger partial charge is 0.303 e. The topological polar surface area (TPSA) is 37.3 Å². The lowest BCUT2D eigenvalue weighted by atomic mass is 10.2. The Morgan fingerprint density at radius 1 is 0.625 bits per heavy atom. The van der Waals surface area contributed by atoms with Crippen LogP contribution in [0.3, 0.4) is 0 Å². The van der Waals surface area contributed by atoms with Crippen LogP contribution in [0.25, 0.3) is 0 Å². The number of hydrogen-bond acceptors (Lipinski definition) is 1. The molecule has 0 aliphatic carbocycles. The molecule has 0 fully saturated rings. The number of allylic oxidation sites excluding steroid dienone is 12. The van der Waals surface area contributed by atoms with Gasteiger partial charge in [-0.05, 0) is 44.9 Å². The summed E-state index contributed by atoms with van der Waals surface area (Å²) < 4.78 is 0. The summed E-state index contributed by atoms with van der Waals surface area (Å²) in [6.07, 6.45) is 32.5. The fourth-order valence-electron chi connectivity index (χ4n) is 1.85. The number of carbonyl (C=O) groups is 1. The highest BCUT2D eigenvalue weighted by molar-refractivity contribution is 5.66. The van der Waals surface area contributed by atoms with E-state index in [1.54, 1.807) is 0 Å². The molecule has 2 heteroatoms. The van der Waals surface area contributed by atoms with Gasteiger partial charge in [-0.1, -0.05) is 79.8 Å². The van der Waals surface area contributed by atoms with Crippen LogP contribution in [0.4, 0.5) is 0 Å². The van der Waals surface area contributed by atoms with Crippen molar-refractivity contribution in [1.82, 2.24) is 0 Å². The third-order valence-electron chi connectivity index (χ3n) is 3.12. The first-order chi connectivity index (χ1) is 11.8. The van der Waals surface area contributed by atoms with Crippen LogP contribution in [0.2, 0.25) is 0 Å². The van der Waals surface area contributed by atoms with Crippen molar-refractivity contribution in [3.8, 4) is 0 Å². The summed E-state index contributed by atoms with van der Waals surface area (Å²) in [5.74, 6) is -0.741.